The second-order valence-electron chi connectivity index (χ2n) is 6.63. The zero-order chi connectivity index (χ0) is 19.7. The Hall–Kier alpha value is -3.41. The summed E-state index contributed by atoms with van der Waals surface area (Å²) in [6, 6.07) is 15.5. The number of esters is 1. The molecule has 1 aromatic heterocycles. The first-order valence-corrected chi connectivity index (χ1v) is 9.22. The predicted molar refractivity (Wildman–Crippen MR) is 105 cm³/mol. The van der Waals surface area contributed by atoms with Crippen LogP contribution in [0.15, 0.2) is 53.1 Å². The average Bonchev–Trinajstić information content (AvgIpc) is 3.17. The van der Waals surface area contributed by atoms with E-state index in [4.69, 9.17) is 9.26 Å². The molecule has 0 aliphatic heterocycles. The fourth-order valence-electron chi connectivity index (χ4n) is 3.49. The van der Waals surface area contributed by atoms with Gasteiger partial charge in [0.05, 0.1) is 6.61 Å². The quantitative estimate of drug-likeness (QED) is 0.516. The van der Waals surface area contributed by atoms with Crippen molar-refractivity contribution in [3.05, 3.63) is 59.7 Å². The summed E-state index contributed by atoms with van der Waals surface area (Å²) in [5.74, 6) is -0.823. The van der Waals surface area contributed by atoms with Crippen molar-refractivity contribution >= 4 is 17.6 Å². The van der Waals surface area contributed by atoms with Crippen molar-refractivity contribution in [2.24, 2.45) is 0 Å². The summed E-state index contributed by atoms with van der Waals surface area (Å²) in [4.78, 5) is 25.0. The molecular formula is C22H20N2O4. The van der Waals surface area contributed by atoms with Gasteiger partial charge in [0, 0.05) is 29.4 Å². The lowest BCUT2D eigenvalue weighted by molar-refractivity contribution is -0.153. The van der Waals surface area contributed by atoms with Gasteiger partial charge in [-0.2, -0.15) is 0 Å². The van der Waals surface area contributed by atoms with Gasteiger partial charge in [0.2, 0.25) is 0 Å². The van der Waals surface area contributed by atoms with Crippen molar-refractivity contribution in [2.75, 3.05) is 18.6 Å². The second-order valence-corrected chi connectivity index (χ2v) is 6.63. The van der Waals surface area contributed by atoms with Gasteiger partial charge in [0.1, 0.15) is 5.69 Å². The van der Waals surface area contributed by atoms with E-state index in [9.17, 15) is 9.59 Å². The van der Waals surface area contributed by atoms with Gasteiger partial charge in [0.25, 0.3) is 0 Å². The Balaban J connectivity index is 1.60. The third-order valence-electron chi connectivity index (χ3n) is 4.98. The van der Waals surface area contributed by atoms with Gasteiger partial charge in [0.15, 0.2) is 5.76 Å². The number of rotatable bonds is 3. The Morgan fingerprint density at radius 3 is 2.61 bits per heavy atom. The number of hydrogen-bond donors (Lipinski definition) is 0. The first-order chi connectivity index (χ1) is 13.6. The van der Waals surface area contributed by atoms with Crippen LogP contribution in [-0.4, -0.2) is 30.7 Å². The highest BCUT2D eigenvalue weighted by atomic mass is 16.5. The Bertz CT molecular complexity index is 1040. The number of amides is 1. The van der Waals surface area contributed by atoms with Gasteiger partial charge < -0.3 is 14.2 Å². The topological polar surface area (TPSA) is 72.6 Å². The minimum atomic E-state index is -0.864. The van der Waals surface area contributed by atoms with E-state index in [1.807, 2.05) is 24.3 Å². The number of hydrogen-bond acceptors (Lipinski definition) is 5. The largest absolute Gasteiger partial charge is 0.459 e. The van der Waals surface area contributed by atoms with Crippen LogP contribution in [0.1, 0.15) is 18.1 Å². The zero-order valence-corrected chi connectivity index (χ0v) is 15.8. The molecule has 0 spiro atoms. The fraction of sp³-hybridized carbons (Fsp3) is 0.227. The highest BCUT2D eigenvalue weighted by Gasteiger charge is 2.25. The monoisotopic (exact) mass is 376 g/mol. The molecule has 0 radical (unpaired) electrons. The molecule has 2 aromatic carbocycles. The van der Waals surface area contributed by atoms with Crippen LogP contribution in [-0.2, 0) is 27.2 Å². The smallest absolute Gasteiger partial charge is 0.397 e. The molecular weight excluding hydrogens is 356 g/mol. The summed E-state index contributed by atoms with van der Waals surface area (Å²) < 4.78 is 10.4. The second kappa shape index (κ2) is 7.31. The number of aryl methyl sites for hydroxylation is 1. The van der Waals surface area contributed by atoms with Gasteiger partial charge in [-0.05, 0) is 49.6 Å². The number of carbonyl (C=O) groups is 2. The average molecular weight is 376 g/mol. The number of anilines is 1. The summed E-state index contributed by atoms with van der Waals surface area (Å²) >= 11 is 0. The molecule has 0 fully saturated rings. The maximum atomic E-state index is 12.1. The SMILES string of the molecule is CCOC(=O)C(=O)N(C)c1ccc(-c2onc3c2CCc2ccccc2-3)cc1. The van der Waals surface area contributed by atoms with E-state index in [-0.39, 0.29) is 6.61 Å². The molecule has 0 bridgehead atoms. The van der Waals surface area contributed by atoms with E-state index in [0.717, 1.165) is 41.0 Å². The molecule has 142 valence electrons. The van der Waals surface area contributed by atoms with Crippen LogP contribution in [0.3, 0.4) is 0 Å². The predicted octanol–water partition coefficient (Wildman–Crippen LogP) is 3.63. The molecule has 0 saturated carbocycles. The van der Waals surface area contributed by atoms with E-state index < -0.39 is 11.9 Å². The highest BCUT2D eigenvalue weighted by Crippen LogP contribution is 2.38. The summed E-state index contributed by atoms with van der Waals surface area (Å²) in [5.41, 5.74) is 5.88. The standard InChI is InChI=1S/C22H20N2O4/c1-3-27-22(26)21(25)24(2)16-11-8-15(9-12-16)20-18-13-10-14-6-4-5-7-17(14)19(18)23-28-20/h4-9,11-12H,3,10,13H2,1-2H3. The molecule has 6 nitrogen and oxygen atoms in total. The van der Waals surface area contributed by atoms with E-state index in [1.54, 1.807) is 26.1 Å². The van der Waals surface area contributed by atoms with Gasteiger partial charge in [-0.25, -0.2) is 4.79 Å². The minimum absolute atomic E-state index is 0.164. The van der Waals surface area contributed by atoms with Crippen molar-refractivity contribution in [3.8, 4) is 22.6 Å². The number of nitrogens with zero attached hydrogens (tertiary/aromatic N) is 2. The first-order valence-electron chi connectivity index (χ1n) is 9.22. The molecule has 3 aromatic rings. The third kappa shape index (κ3) is 3.07. The van der Waals surface area contributed by atoms with Crippen molar-refractivity contribution in [3.63, 3.8) is 0 Å². The Kier molecular flexibility index (Phi) is 4.69. The van der Waals surface area contributed by atoms with E-state index in [2.05, 4.69) is 17.3 Å². The van der Waals surface area contributed by atoms with Crippen LogP contribution in [0.2, 0.25) is 0 Å². The van der Waals surface area contributed by atoms with Crippen LogP contribution >= 0.6 is 0 Å². The molecule has 6 heteroatoms. The van der Waals surface area contributed by atoms with Crippen LogP contribution in [0.4, 0.5) is 5.69 Å². The van der Waals surface area contributed by atoms with Gasteiger partial charge in [-0.15, -0.1) is 0 Å². The number of aromatic nitrogens is 1. The maximum absolute atomic E-state index is 12.1. The number of fused-ring (bicyclic) bond motifs is 3. The van der Waals surface area contributed by atoms with E-state index in [1.165, 1.54) is 10.5 Å². The molecule has 4 rings (SSSR count). The molecule has 0 N–H and O–H groups in total. The Labute approximate surface area is 162 Å². The Morgan fingerprint density at radius 2 is 1.86 bits per heavy atom. The van der Waals surface area contributed by atoms with Gasteiger partial charge in [-0.1, -0.05) is 29.4 Å². The van der Waals surface area contributed by atoms with Crippen molar-refractivity contribution < 1.29 is 18.8 Å². The summed E-state index contributed by atoms with van der Waals surface area (Å²) in [5, 5.41) is 4.30. The molecule has 1 heterocycles. The van der Waals surface area contributed by atoms with Crippen molar-refractivity contribution in [1.29, 1.82) is 0 Å². The Morgan fingerprint density at radius 1 is 1.11 bits per heavy atom. The molecule has 1 aliphatic rings. The minimum Gasteiger partial charge on any atom is -0.459 e. The number of carbonyl (C=O) groups excluding carboxylic acids is 2. The summed E-state index contributed by atoms with van der Waals surface area (Å²) in [7, 11) is 1.54. The van der Waals surface area contributed by atoms with Gasteiger partial charge in [-0.3, -0.25) is 4.79 Å². The molecule has 0 atom stereocenters. The lowest BCUT2D eigenvalue weighted by Crippen LogP contribution is -2.34. The summed E-state index contributed by atoms with van der Waals surface area (Å²) in [6.45, 7) is 1.83. The molecule has 0 saturated heterocycles. The van der Waals surface area contributed by atoms with E-state index >= 15 is 0 Å². The fourth-order valence-corrected chi connectivity index (χ4v) is 3.49. The summed E-state index contributed by atoms with van der Waals surface area (Å²) in [6.07, 6.45) is 1.82. The number of ether oxygens (including phenoxy) is 1. The number of likely N-dealkylation sites (N-methyl/N-ethyl adjacent to an activating group) is 1. The third-order valence-corrected chi connectivity index (χ3v) is 4.98. The lowest BCUT2D eigenvalue weighted by Gasteiger charge is -2.17. The van der Waals surface area contributed by atoms with Crippen molar-refractivity contribution in [1.82, 2.24) is 5.16 Å². The van der Waals surface area contributed by atoms with Gasteiger partial charge >= 0.3 is 11.9 Å². The normalized spacial score (nSPS) is 12.1. The van der Waals surface area contributed by atoms with Crippen LogP contribution in [0.5, 0.6) is 0 Å². The first kappa shape index (κ1) is 18.0. The molecule has 0 unspecified atom stereocenters. The molecule has 28 heavy (non-hydrogen) atoms. The maximum Gasteiger partial charge on any atom is 0.397 e. The molecule has 1 amide bonds. The highest BCUT2D eigenvalue weighted by molar-refractivity contribution is 6.37. The lowest BCUT2D eigenvalue weighted by atomic mass is 9.88. The van der Waals surface area contributed by atoms with Crippen LogP contribution in [0.25, 0.3) is 22.6 Å². The number of benzene rings is 2. The molecule has 1 aliphatic carbocycles. The van der Waals surface area contributed by atoms with Crippen molar-refractivity contribution in [2.45, 2.75) is 19.8 Å². The zero-order valence-electron chi connectivity index (χ0n) is 15.8. The van der Waals surface area contributed by atoms with E-state index in [0.29, 0.717) is 5.69 Å². The van der Waals surface area contributed by atoms with Crippen LogP contribution in [0, 0.1) is 0 Å². The van der Waals surface area contributed by atoms with Crippen LogP contribution < -0.4 is 4.90 Å².